The quantitative estimate of drug-likeness (QED) is 0.544. The number of likely N-dealkylation sites (tertiary alicyclic amines) is 1. The Kier molecular flexibility index (Phi) is 7.96. The molecule has 3 atom stereocenters. The van der Waals surface area contributed by atoms with Crippen LogP contribution in [0.3, 0.4) is 0 Å². The summed E-state index contributed by atoms with van der Waals surface area (Å²) in [5, 5.41) is 14.8. The highest BCUT2D eigenvalue weighted by Crippen LogP contribution is 2.35. The van der Waals surface area contributed by atoms with Crippen LogP contribution >= 0.6 is 11.6 Å². The van der Waals surface area contributed by atoms with E-state index in [1.165, 1.54) is 0 Å². The van der Waals surface area contributed by atoms with Crippen molar-refractivity contribution in [2.24, 2.45) is 5.92 Å². The molecule has 0 spiro atoms. The molecular formula is C26H33ClN2O5. The zero-order valence-corrected chi connectivity index (χ0v) is 20.6. The molecule has 8 heteroatoms. The van der Waals surface area contributed by atoms with Crippen LogP contribution in [-0.2, 0) is 9.59 Å². The average molecular weight is 489 g/mol. The number of fused-ring (bicyclic) bond motifs is 1. The summed E-state index contributed by atoms with van der Waals surface area (Å²) in [6.45, 7) is 6.99. The Hall–Kier alpha value is -2.35. The van der Waals surface area contributed by atoms with Gasteiger partial charge in [0.25, 0.3) is 5.91 Å². The molecule has 1 aliphatic carbocycles. The molecule has 2 N–H and O–H groups in total. The highest BCUT2D eigenvalue weighted by molar-refractivity contribution is 6.37. The molecule has 34 heavy (non-hydrogen) atoms. The monoisotopic (exact) mass is 488 g/mol. The van der Waals surface area contributed by atoms with Crippen LogP contribution in [0.5, 0.6) is 11.5 Å². The Morgan fingerprint density at radius 2 is 1.91 bits per heavy atom. The van der Waals surface area contributed by atoms with Gasteiger partial charge in [-0.3, -0.25) is 9.59 Å². The summed E-state index contributed by atoms with van der Waals surface area (Å²) in [7, 11) is 0. The van der Waals surface area contributed by atoms with Gasteiger partial charge in [-0.15, -0.1) is 0 Å². The molecule has 7 nitrogen and oxygen atoms in total. The van der Waals surface area contributed by atoms with E-state index in [1.54, 1.807) is 25.1 Å². The zero-order valence-electron chi connectivity index (χ0n) is 19.8. The van der Waals surface area contributed by atoms with E-state index in [1.807, 2.05) is 13.0 Å². The number of aliphatic hydroxyl groups excluding tert-OH is 1. The van der Waals surface area contributed by atoms with Gasteiger partial charge in [-0.05, 0) is 82.0 Å². The average Bonchev–Trinajstić information content (AvgIpc) is 3.46. The fourth-order valence-corrected chi connectivity index (χ4v) is 5.12. The molecule has 3 aliphatic rings. The predicted molar refractivity (Wildman–Crippen MR) is 130 cm³/mol. The molecule has 1 amide bonds. The molecule has 1 aromatic carbocycles. The van der Waals surface area contributed by atoms with Gasteiger partial charge in [0.05, 0.1) is 6.04 Å². The van der Waals surface area contributed by atoms with Crippen LogP contribution in [0.15, 0.2) is 40.5 Å². The van der Waals surface area contributed by atoms with E-state index < -0.39 is 29.8 Å². The van der Waals surface area contributed by atoms with E-state index >= 15 is 0 Å². The standard InChI is InChI=1S/C26H33ClN2O5/c1-16-11-20(13-19(16)12-17(2)27)25(31)26(32)28-21(15-29-7-3-4-8-29)24(30)18-5-6-22-23(14-18)34-10-9-33-22/h5-6,12,14,20-21,24,30H,3-4,7-11,13,15H2,1-2H3,(H,28,32)/b17-12+/t20?,21-,24-/m1/s1. The smallest absolute Gasteiger partial charge is 0.288 e. The summed E-state index contributed by atoms with van der Waals surface area (Å²) in [5.74, 6) is -0.283. The molecule has 2 heterocycles. The van der Waals surface area contributed by atoms with E-state index in [2.05, 4.69) is 10.2 Å². The molecule has 1 saturated heterocycles. The van der Waals surface area contributed by atoms with Crippen LogP contribution in [-0.4, -0.2) is 60.6 Å². The number of Topliss-reactive ketones (excluding diaryl/α,β-unsaturated/α-hetero) is 1. The van der Waals surface area contributed by atoms with E-state index in [0.717, 1.165) is 37.1 Å². The summed E-state index contributed by atoms with van der Waals surface area (Å²) in [5.41, 5.74) is 2.71. The third-order valence-corrected chi connectivity index (χ3v) is 6.90. The van der Waals surface area contributed by atoms with E-state index in [-0.39, 0.29) is 0 Å². The van der Waals surface area contributed by atoms with Crippen LogP contribution < -0.4 is 14.8 Å². The number of carbonyl (C=O) groups excluding carboxylic acids is 2. The highest BCUT2D eigenvalue weighted by atomic mass is 35.5. The topological polar surface area (TPSA) is 88.1 Å². The summed E-state index contributed by atoms with van der Waals surface area (Å²) in [4.78, 5) is 28.3. The number of amides is 1. The van der Waals surface area contributed by atoms with Gasteiger partial charge in [-0.2, -0.15) is 0 Å². The van der Waals surface area contributed by atoms with Gasteiger partial charge in [0.2, 0.25) is 5.78 Å². The lowest BCUT2D eigenvalue weighted by molar-refractivity contribution is -0.141. The van der Waals surface area contributed by atoms with Gasteiger partial charge in [0, 0.05) is 17.5 Å². The number of allylic oxidation sites excluding steroid dienone is 4. The molecule has 1 unspecified atom stereocenters. The molecule has 0 bridgehead atoms. The second-order valence-corrected chi connectivity index (χ2v) is 10.0. The van der Waals surface area contributed by atoms with Crippen molar-refractivity contribution >= 4 is 23.3 Å². The molecule has 0 saturated carbocycles. The van der Waals surface area contributed by atoms with Crippen molar-refractivity contribution in [3.05, 3.63) is 46.0 Å². The molecule has 4 rings (SSSR count). The first-order chi connectivity index (χ1) is 16.3. The third-order valence-electron chi connectivity index (χ3n) is 6.79. The maximum atomic E-state index is 13.0. The SMILES string of the molecule is CC1=C(/C=C(\C)Cl)CC(C(=O)C(=O)N[C@H](CN2CCCC2)[C@H](O)c2ccc3c(c2)OCCO3)C1. The molecule has 0 radical (unpaired) electrons. The van der Waals surface area contributed by atoms with Crippen molar-refractivity contribution in [1.82, 2.24) is 10.2 Å². The molecule has 2 aliphatic heterocycles. The first-order valence-corrected chi connectivity index (χ1v) is 12.4. The van der Waals surface area contributed by atoms with Crippen molar-refractivity contribution in [3.63, 3.8) is 0 Å². The Labute approximate surface area is 205 Å². The van der Waals surface area contributed by atoms with Crippen molar-refractivity contribution in [1.29, 1.82) is 0 Å². The van der Waals surface area contributed by atoms with Crippen LogP contribution in [0.2, 0.25) is 0 Å². The third kappa shape index (κ3) is 5.82. The maximum absolute atomic E-state index is 13.0. The highest BCUT2D eigenvalue weighted by Gasteiger charge is 2.34. The van der Waals surface area contributed by atoms with Gasteiger partial charge in [-0.25, -0.2) is 0 Å². The normalized spacial score (nSPS) is 22.6. The van der Waals surface area contributed by atoms with Crippen LogP contribution in [0.25, 0.3) is 0 Å². The first-order valence-electron chi connectivity index (χ1n) is 12.0. The first kappa shape index (κ1) is 24.8. The summed E-state index contributed by atoms with van der Waals surface area (Å²) >= 11 is 6.01. The minimum Gasteiger partial charge on any atom is -0.486 e. The van der Waals surface area contributed by atoms with E-state index in [4.69, 9.17) is 21.1 Å². The molecule has 184 valence electrons. The minimum absolute atomic E-state index is 0.402. The molecule has 0 aromatic heterocycles. The maximum Gasteiger partial charge on any atom is 0.288 e. The van der Waals surface area contributed by atoms with Gasteiger partial charge in [-0.1, -0.05) is 23.2 Å². The van der Waals surface area contributed by atoms with Gasteiger partial charge < -0.3 is 24.8 Å². The number of carbonyl (C=O) groups is 2. The fourth-order valence-electron chi connectivity index (χ4n) is 4.99. The Balaban J connectivity index is 1.47. The summed E-state index contributed by atoms with van der Waals surface area (Å²) in [6.07, 6.45) is 4.09. The number of nitrogens with one attached hydrogen (secondary N) is 1. The second-order valence-electron chi connectivity index (χ2n) is 9.44. The van der Waals surface area contributed by atoms with Crippen molar-refractivity contribution in [2.45, 2.75) is 51.7 Å². The number of hydrogen-bond acceptors (Lipinski definition) is 6. The van der Waals surface area contributed by atoms with Crippen molar-refractivity contribution in [3.8, 4) is 11.5 Å². The van der Waals surface area contributed by atoms with Crippen LogP contribution in [0.1, 0.15) is 51.2 Å². The van der Waals surface area contributed by atoms with Crippen LogP contribution in [0.4, 0.5) is 0 Å². The number of nitrogens with zero attached hydrogens (tertiary/aromatic N) is 1. The predicted octanol–water partition coefficient (Wildman–Crippen LogP) is 3.51. The van der Waals surface area contributed by atoms with Gasteiger partial charge in [0.15, 0.2) is 11.5 Å². The molecule has 1 aromatic rings. The summed E-state index contributed by atoms with van der Waals surface area (Å²) < 4.78 is 11.2. The number of aliphatic hydroxyl groups is 1. The molecule has 1 fully saturated rings. The number of hydrogen-bond donors (Lipinski definition) is 2. The fraction of sp³-hybridized carbons (Fsp3) is 0.538. The Morgan fingerprint density at radius 1 is 1.21 bits per heavy atom. The lowest BCUT2D eigenvalue weighted by atomic mass is 9.97. The largest absolute Gasteiger partial charge is 0.486 e. The lowest BCUT2D eigenvalue weighted by Gasteiger charge is -2.29. The van der Waals surface area contributed by atoms with Gasteiger partial charge >= 0.3 is 0 Å². The van der Waals surface area contributed by atoms with Crippen molar-refractivity contribution < 1.29 is 24.2 Å². The second kappa shape index (κ2) is 10.9. The van der Waals surface area contributed by atoms with Crippen LogP contribution in [0, 0.1) is 5.92 Å². The zero-order chi connectivity index (χ0) is 24.2. The Morgan fingerprint density at radius 3 is 2.62 bits per heavy atom. The van der Waals surface area contributed by atoms with Crippen molar-refractivity contribution in [2.75, 3.05) is 32.8 Å². The van der Waals surface area contributed by atoms with E-state index in [0.29, 0.717) is 54.7 Å². The van der Waals surface area contributed by atoms with Gasteiger partial charge in [0.1, 0.15) is 19.3 Å². The number of benzene rings is 1. The number of ether oxygens (including phenoxy) is 2. The lowest BCUT2D eigenvalue weighted by Crippen LogP contribution is -2.49. The number of ketones is 1. The number of rotatable bonds is 8. The number of halogens is 1. The summed E-state index contributed by atoms with van der Waals surface area (Å²) in [6, 6.07) is 4.67. The Bertz CT molecular complexity index is 995. The van der Waals surface area contributed by atoms with E-state index in [9.17, 15) is 14.7 Å². The molecular weight excluding hydrogens is 456 g/mol. The minimum atomic E-state index is -0.992.